The van der Waals surface area contributed by atoms with Crippen LogP contribution in [0.3, 0.4) is 0 Å². The molecule has 0 aromatic heterocycles. The van der Waals surface area contributed by atoms with Gasteiger partial charge in [-0.3, -0.25) is 0 Å². The molecule has 0 amide bonds. The van der Waals surface area contributed by atoms with Crippen molar-refractivity contribution in [2.45, 2.75) is 37.9 Å². The molecule has 2 rings (SSSR count). The Kier molecular flexibility index (Phi) is 3.98. The van der Waals surface area contributed by atoms with E-state index in [0.717, 1.165) is 12.5 Å². The molecule has 2 nitrogen and oxygen atoms in total. The number of rotatable bonds is 4. The van der Waals surface area contributed by atoms with Gasteiger partial charge in [-0.1, -0.05) is 0 Å². The lowest BCUT2D eigenvalue weighted by Gasteiger charge is -2.35. The Morgan fingerprint density at radius 1 is 1.18 bits per heavy atom. The van der Waals surface area contributed by atoms with Gasteiger partial charge in [0.25, 0.3) is 0 Å². The van der Waals surface area contributed by atoms with Gasteiger partial charge in [0.1, 0.15) is 0 Å². The second-order valence-corrected chi connectivity index (χ2v) is 5.35. The van der Waals surface area contributed by atoms with Crippen LogP contribution in [-0.2, 0) is 0 Å². The van der Waals surface area contributed by atoms with Crippen LogP contribution in [0.15, 0.2) is 0 Å². The first-order chi connectivity index (χ1) is 8.00. The molecule has 1 aliphatic carbocycles. The van der Waals surface area contributed by atoms with Crippen molar-refractivity contribution in [2.75, 3.05) is 26.7 Å². The molecule has 2 aliphatic rings. The standard InChI is InChI=1S/C12H21F3N2/c1-16-11(9-2-3-9)8-17-6-4-10(5-7-17)12(13,14)15/h9-11,16H,2-8H2,1H3. The van der Waals surface area contributed by atoms with Crippen molar-refractivity contribution in [1.29, 1.82) is 0 Å². The summed E-state index contributed by atoms with van der Waals surface area (Å²) in [7, 11) is 1.95. The van der Waals surface area contributed by atoms with E-state index >= 15 is 0 Å². The van der Waals surface area contributed by atoms with E-state index < -0.39 is 12.1 Å². The minimum atomic E-state index is -4.00. The van der Waals surface area contributed by atoms with Gasteiger partial charge in [-0.25, -0.2) is 0 Å². The highest BCUT2D eigenvalue weighted by molar-refractivity contribution is 4.89. The van der Waals surface area contributed by atoms with Crippen LogP contribution in [0.2, 0.25) is 0 Å². The zero-order valence-corrected chi connectivity index (χ0v) is 10.3. The Morgan fingerprint density at radius 3 is 2.18 bits per heavy atom. The summed E-state index contributed by atoms with van der Waals surface area (Å²) in [5.41, 5.74) is 0. The van der Waals surface area contributed by atoms with E-state index in [0.29, 0.717) is 19.1 Å². The summed E-state index contributed by atoms with van der Waals surface area (Å²) in [6.07, 6.45) is -0.921. The second-order valence-electron chi connectivity index (χ2n) is 5.35. The molecule has 17 heavy (non-hydrogen) atoms. The Bertz CT molecular complexity index is 243. The molecule has 2 fully saturated rings. The van der Waals surface area contributed by atoms with Crippen LogP contribution in [0.25, 0.3) is 0 Å². The third kappa shape index (κ3) is 3.58. The Labute approximate surface area is 101 Å². The quantitative estimate of drug-likeness (QED) is 0.823. The minimum absolute atomic E-state index is 0.268. The summed E-state index contributed by atoms with van der Waals surface area (Å²) in [5.74, 6) is -0.326. The fourth-order valence-electron chi connectivity index (χ4n) is 2.70. The van der Waals surface area contributed by atoms with Gasteiger partial charge in [-0.05, 0) is 51.7 Å². The summed E-state index contributed by atoms with van der Waals surface area (Å²) >= 11 is 0. The SMILES string of the molecule is CNC(CN1CCC(C(F)(F)F)CC1)C1CC1. The average Bonchev–Trinajstić information content (AvgIpc) is 3.09. The van der Waals surface area contributed by atoms with Crippen molar-refractivity contribution >= 4 is 0 Å². The highest BCUT2D eigenvalue weighted by Crippen LogP contribution is 2.36. The molecule has 1 aliphatic heterocycles. The van der Waals surface area contributed by atoms with Crippen LogP contribution in [0.5, 0.6) is 0 Å². The minimum Gasteiger partial charge on any atom is -0.315 e. The lowest BCUT2D eigenvalue weighted by Crippen LogP contribution is -2.46. The molecule has 1 atom stereocenters. The van der Waals surface area contributed by atoms with Crippen LogP contribution < -0.4 is 5.32 Å². The fourth-order valence-corrected chi connectivity index (χ4v) is 2.70. The first-order valence-corrected chi connectivity index (χ1v) is 6.47. The van der Waals surface area contributed by atoms with Crippen LogP contribution in [0, 0.1) is 11.8 Å². The molecular formula is C12H21F3N2. The molecule has 1 saturated carbocycles. The van der Waals surface area contributed by atoms with Gasteiger partial charge in [0.2, 0.25) is 0 Å². The van der Waals surface area contributed by atoms with E-state index in [-0.39, 0.29) is 12.8 Å². The molecule has 100 valence electrons. The molecule has 1 N–H and O–H groups in total. The van der Waals surface area contributed by atoms with Crippen molar-refractivity contribution < 1.29 is 13.2 Å². The fraction of sp³-hybridized carbons (Fsp3) is 1.00. The topological polar surface area (TPSA) is 15.3 Å². The molecular weight excluding hydrogens is 229 g/mol. The van der Waals surface area contributed by atoms with Gasteiger partial charge in [0, 0.05) is 12.6 Å². The van der Waals surface area contributed by atoms with Gasteiger partial charge in [0.15, 0.2) is 0 Å². The molecule has 0 bridgehead atoms. The number of likely N-dealkylation sites (N-methyl/N-ethyl adjacent to an activating group) is 1. The maximum atomic E-state index is 12.5. The lowest BCUT2D eigenvalue weighted by molar-refractivity contribution is -0.185. The Morgan fingerprint density at radius 2 is 1.76 bits per heavy atom. The van der Waals surface area contributed by atoms with Crippen molar-refractivity contribution in [2.24, 2.45) is 11.8 Å². The van der Waals surface area contributed by atoms with Crippen LogP contribution in [0.4, 0.5) is 13.2 Å². The summed E-state index contributed by atoms with van der Waals surface area (Å²) in [6.45, 7) is 2.09. The molecule has 5 heteroatoms. The second kappa shape index (κ2) is 5.14. The van der Waals surface area contributed by atoms with Gasteiger partial charge in [-0.15, -0.1) is 0 Å². The third-order valence-electron chi connectivity index (χ3n) is 4.07. The van der Waals surface area contributed by atoms with Crippen LogP contribution in [0.1, 0.15) is 25.7 Å². The number of hydrogen-bond acceptors (Lipinski definition) is 2. The Hall–Kier alpha value is -0.290. The molecule has 0 radical (unpaired) electrons. The van der Waals surface area contributed by atoms with E-state index in [4.69, 9.17) is 0 Å². The average molecular weight is 250 g/mol. The van der Waals surface area contributed by atoms with Gasteiger partial charge in [-0.2, -0.15) is 13.2 Å². The first-order valence-electron chi connectivity index (χ1n) is 6.47. The molecule has 0 aromatic rings. The molecule has 0 aromatic carbocycles. The Balaban J connectivity index is 1.75. The zero-order valence-electron chi connectivity index (χ0n) is 10.3. The number of nitrogens with one attached hydrogen (secondary N) is 1. The summed E-state index contributed by atoms with van der Waals surface area (Å²) in [5, 5.41) is 3.29. The third-order valence-corrected chi connectivity index (χ3v) is 4.07. The smallest absolute Gasteiger partial charge is 0.315 e. The van der Waals surface area contributed by atoms with Gasteiger partial charge < -0.3 is 10.2 Å². The predicted octanol–water partition coefficient (Wildman–Crippen LogP) is 2.26. The number of halogens is 3. The van der Waals surface area contributed by atoms with Crippen molar-refractivity contribution in [3.8, 4) is 0 Å². The predicted molar refractivity (Wildman–Crippen MR) is 60.8 cm³/mol. The van der Waals surface area contributed by atoms with E-state index in [1.54, 1.807) is 0 Å². The molecule has 1 saturated heterocycles. The van der Waals surface area contributed by atoms with E-state index in [2.05, 4.69) is 10.2 Å². The van der Waals surface area contributed by atoms with Crippen molar-refractivity contribution in [3.05, 3.63) is 0 Å². The number of alkyl halides is 3. The van der Waals surface area contributed by atoms with E-state index in [1.165, 1.54) is 12.8 Å². The van der Waals surface area contributed by atoms with Gasteiger partial charge in [0.05, 0.1) is 5.92 Å². The monoisotopic (exact) mass is 250 g/mol. The highest BCUT2D eigenvalue weighted by atomic mass is 19.4. The summed E-state index contributed by atoms with van der Waals surface area (Å²) < 4.78 is 37.5. The summed E-state index contributed by atoms with van der Waals surface area (Å²) in [6, 6.07) is 0.470. The van der Waals surface area contributed by atoms with Crippen molar-refractivity contribution in [1.82, 2.24) is 10.2 Å². The van der Waals surface area contributed by atoms with Crippen LogP contribution in [-0.4, -0.2) is 43.8 Å². The molecule has 1 unspecified atom stereocenters. The van der Waals surface area contributed by atoms with Gasteiger partial charge >= 0.3 is 6.18 Å². The normalized spacial score (nSPS) is 26.1. The lowest BCUT2D eigenvalue weighted by atomic mass is 9.96. The number of piperidine rings is 1. The van der Waals surface area contributed by atoms with Crippen molar-refractivity contribution in [3.63, 3.8) is 0 Å². The summed E-state index contributed by atoms with van der Waals surface area (Å²) in [4.78, 5) is 2.18. The number of likely N-dealkylation sites (tertiary alicyclic amines) is 1. The highest BCUT2D eigenvalue weighted by Gasteiger charge is 2.41. The number of nitrogens with zero attached hydrogens (tertiary/aromatic N) is 1. The molecule has 0 spiro atoms. The number of hydrogen-bond donors (Lipinski definition) is 1. The van der Waals surface area contributed by atoms with E-state index in [1.807, 2.05) is 7.05 Å². The maximum absolute atomic E-state index is 12.5. The maximum Gasteiger partial charge on any atom is 0.391 e. The largest absolute Gasteiger partial charge is 0.391 e. The first kappa shape index (κ1) is 13.1. The molecule has 1 heterocycles. The van der Waals surface area contributed by atoms with Crippen LogP contribution >= 0.6 is 0 Å². The zero-order chi connectivity index (χ0) is 12.5. The van der Waals surface area contributed by atoms with E-state index in [9.17, 15) is 13.2 Å².